The van der Waals surface area contributed by atoms with Gasteiger partial charge in [-0.15, -0.1) is 0 Å². The molecule has 0 unspecified atom stereocenters. The molecule has 0 saturated carbocycles. The first kappa shape index (κ1) is 13.4. The Bertz CT molecular complexity index is 656. The summed E-state index contributed by atoms with van der Waals surface area (Å²) in [5.41, 5.74) is 4.05. The van der Waals surface area contributed by atoms with Crippen molar-refractivity contribution in [2.24, 2.45) is 0 Å². The molecule has 0 spiro atoms. The minimum Gasteiger partial charge on any atom is -0.392 e. The summed E-state index contributed by atoms with van der Waals surface area (Å²) in [6, 6.07) is 28.3. The van der Waals surface area contributed by atoms with Crippen LogP contribution >= 0.6 is 0 Å². The largest absolute Gasteiger partial charge is 0.392 e. The Kier molecular flexibility index (Phi) is 3.99. The van der Waals surface area contributed by atoms with Gasteiger partial charge in [0.15, 0.2) is 0 Å². The summed E-state index contributed by atoms with van der Waals surface area (Å²) in [5, 5.41) is 9.63. The topological polar surface area (TPSA) is 23.5 Å². The minimum absolute atomic E-state index is 0.0202. The highest BCUT2D eigenvalue weighted by Crippen LogP contribution is 2.36. The Morgan fingerprint density at radius 1 is 0.619 bits per heavy atom. The Morgan fingerprint density at radius 3 is 1.62 bits per heavy atom. The maximum absolute atomic E-state index is 9.63. The van der Waals surface area contributed by atoms with Crippen LogP contribution in [0.25, 0.3) is 0 Å². The molecule has 0 amide bonds. The summed E-state index contributed by atoms with van der Waals surface area (Å²) in [4.78, 5) is 2.16. The van der Waals surface area contributed by atoms with Crippen LogP contribution in [0.3, 0.4) is 0 Å². The zero-order valence-corrected chi connectivity index (χ0v) is 11.7. The van der Waals surface area contributed by atoms with Crippen molar-refractivity contribution in [1.29, 1.82) is 0 Å². The van der Waals surface area contributed by atoms with Crippen molar-refractivity contribution >= 4 is 17.1 Å². The molecule has 0 saturated heterocycles. The van der Waals surface area contributed by atoms with E-state index in [9.17, 15) is 5.11 Å². The Hall–Kier alpha value is -2.58. The maximum atomic E-state index is 9.63. The van der Waals surface area contributed by atoms with Crippen molar-refractivity contribution < 1.29 is 5.11 Å². The van der Waals surface area contributed by atoms with Crippen molar-refractivity contribution in [2.75, 3.05) is 4.90 Å². The number of rotatable bonds is 4. The molecule has 2 heteroatoms. The zero-order valence-electron chi connectivity index (χ0n) is 11.7. The van der Waals surface area contributed by atoms with Gasteiger partial charge < -0.3 is 10.0 Å². The van der Waals surface area contributed by atoms with Gasteiger partial charge in [0, 0.05) is 16.9 Å². The fourth-order valence-corrected chi connectivity index (χ4v) is 2.44. The van der Waals surface area contributed by atoms with Crippen LogP contribution in [0.5, 0.6) is 0 Å². The normalized spacial score (nSPS) is 10.3. The molecule has 0 radical (unpaired) electrons. The molecule has 21 heavy (non-hydrogen) atoms. The summed E-state index contributed by atoms with van der Waals surface area (Å²) >= 11 is 0. The van der Waals surface area contributed by atoms with Crippen LogP contribution in [0.15, 0.2) is 84.9 Å². The van der Waals surface area contributed by atoms with E-state index in [1.165, 1.54) is 0 Å². The smallest absolute Gasteiger partial charge is 0.0702 e. The molecule has 0 fully saturated rings. The van der Waals surface area contributed by atoms with E-state index in [1.807, 2.05) is 60.7 Å². The van der Waals surface area contributed by atoms with Gasteiger partial charge in [-0.25, -0.2) is 0 Å². The van der Waals surface area contributed by atoms with Crippen molar-refractivity contribution in [1.82, 2.24) is 0 Å². The van der Waals surface area contributed by atoms with Crippen LogP contribution in [0.4, 0.5) is 17.1 Å². The molecule has 3 aromatic rings. The highest BCUT2D eigenvalue weighted by Gasteiger charge is 2.14. The van der Waals surface area contributed by atoms with Crippen LogP contribution in [0, 0.1) is 0 Å². The van der Waals surface area contributed by atoms with Gasteiger partial charge in [0.05, 0.1) is 12.3 Å². The molecular weight excluding hydrogens is 258 g/mol. The molecule has 0 aliphatic rings. The summed E-state index contributed by atoms with van der Waals surface area (Å²) in [7, 11) is 0. The predicted molar refractivity (Wildman–Crippen MR) is 87.0 cm³/mol. The molecule has 0 bridgehead atoms. The molecule has 3 rings (SSSR count). The predicted octanol–water partition coefficient (Wildman–Crippen LogP) is 4.65. The van der Waals surface area contributed by atoms with E-state index in [1.54, 1.807) is 0 Å². The third kappa shape index (κ3) is 2.81. The van der Waals surface area contributed by atoms with E-state index in [2.05, 4.69) is 29.2 Å². The SMILES string of the molecule is OCc1ccccc1N(c1ccccc1)c1ccccc1. The quantitative estimate of drug-likeness (QED) is 0.749. The monoisotopic (exact) mass is 275 g/mol. The summed E-state index contributed by atoms with van der Waals surface area (Å²) < 4.78 is 0. The number of anilines is 3. The molecule has 0 heterocycles. The number of hydrogen-bond acceptors (Lipinski definition) is 2. The Morgan fingerprint density at radius 2 is 1.10 bits per heavy atom. The highest BCUT2D eigenvalue weighted by atomic mass is 16.3. The van der Waals surface area contributed by atoms with Gasteiger partial charge in [-0.2, -0.15) is 0 Å². The maximum Gasteiger partial charge on any atom is 0.0702 e. The molecule has 0 aliphatic heterocycles. The molecule has 0 aliphatic carbocycles. The van der Waals surface area contributed by atoms with E-state index in [0.717, 1.165) is 22.6 Å². The molecular formula is C19H17NO. The first-order valence-electron chi connectivity index (χ1n) is 6.99. The van der Waals surface area contributed by atoms with Gasteiger partial charge in [0.1, 0.15) is 0 Å². The number of hydrogen-bond donors (Lipinski definition) is 1. The number of aliphatic hydroxyl groups excluding tert-OH is 1. The Balaban J connectivity index is 2.17. The standard InChI is InChI=1S/C19H17NO/c21-15-16-9-7-8-14-19(16)20(17-10-3-1-4-11-17)18-12-5-2-6-13-18/h1-14,21H,15H2. The van der Waals surface area contributed by atoms with Crippen LogP contribution in [-0.2, 0) is 6.61 Å². The molecule has 104 valence electrons. The number of benzene rings is 3. The minimum atomic E-state index is 0.0202. The van der Waals surface area contributed by atoms with E-state index >= 15 is 0 Å². The van der Waals surface area contributed by atoms with Gasteiger partial charge in [-0.05, 0) is 30.3 Å². The number of nitrogens with zero attached hydrogens (tertiary/aromatic N) is 1. The van der Waals surface area contributed by atoms with Gasteiger partial charge in [0.2, 0.25) is 0 Å². The second-order valence-corrected chi connectivity index (χ2v) is 4.79. The van der Waals surface area contributed by atoms with Crippen molar-refractivity contribution in [3.63, 3.8) is 0 Å². The third-order valence-electron chi connectivity index (χ3n) is 3.43. The highest BCUT2D eigenvalue weighted by molar-refractivity contribution is 5.78. The van der Waals surface area contributed by atoms with Crippen LogP contribution in [0.1, 0.15) is 5.56 Å². The lowest BCUT2D eigenvalue weighted by molar-refractivity contribution is 0.282. The molecule has 2 nitrogen and oxygen atoms in total. The average Bonchev–Trinajstić information content (AvgIpc) is 2.58. The number of aliphatic hydroxyl groups is 1. The summed E-state index contributed by atoms with van der Waals surface area (Å²) in [5.74, 6) is 0. The Labute approximate surface area is 124 Å². The van der Waals surface area contributed by atoms with Crippen molar-refractivity contribution in [2.45, 2.75) is 6.61 Å². The van der Waals surface area contributed by atoms with E-state index in [0.29, 0.717) is 0 Å². The van der Waals surface area contributed by atoms with Crippen LogP contribution in [0.2, 0.25) is 0 Å². The lowest BCUT2D eigenvalue weighted by Gasteiger charge is -2.27. The van der Waals surface area contributed by atoms with E-state index < -0.39 is 0 Å². The van der Waals surface area contributed by atoms with Crippen molar-refractivity contribution in [3.05, 3.63) is 90.5 Å². The first-order valence-corrected chi connectivity index (χ1v) is 6.99. The van der Waals surface area contributed by atoms with Crippen LogP contribution < -0.4 is 4.90 Å². The molecule has 3 aromatic carbocycles. The fourth-order valence-electron chi connectivity index (χ4n) is 2.44. The third-order valence-corrected chi connectivity index (χ3v) is 3.43. The van der Waals surface area contributed by atoms with Crippen molar-refractivity contribution in [3.8, 4) is 0 Å². The van der Waals surface area contributed by atoms with Gasteiger partial charge in [0.25, 0.3) is 0 Å². The van der Waals surface area contributed by atoms with Gasteiger partial charge in [-0.3, -0.25) is 0 Å². The van der Waals surface area contributed by atoms with Crippen LogP contribution in [-0.4, -0.2) is 5.11 Å². The van der Waals surface area contributed by atoms with E-state index in [4.69, 9.17) is 0 Å². The zero-order chi connectivity index (χ0) is 14.5. The molecule has 1 N–H and O–H groups in total. The first-order chi connectivity index (χ1) is 10.4. The summed E-state index contributed by atoms with van der Waals surface area (Å²) in [6.07, 6.45) is 0. The van der Waals surface area contributed by atoms with E-state index in [-0.39, 0.29) is 6.61 Å². The average molecular weight is 275 g/mol. The lowest BCUT2D eigenvalue weighted by Crippen LogP contribution is -2.11. The second-order valence-electron chi connectivity index (χ2n) is 4.79. The molecule has 0 atom stereocenters. The second kappa shape index (κ2) is 6.25. The summed E-state index contributed by atoms with van der Waals surface area (Å²) in [6.45, 7) is 0.0202. The number of para-hydroxylation sites is 3. The molecule has 0 aromatic heterocycles. The lowest BCUT2D eigenvalue weighted by atomic mass is 10.1. The fraction of sp³-hybridized carbons (Fsp3) is 0.0526. The van der Waals surface area contributed by atoms with Gasteiger partial charge in [-0.1, -0.05) is 54.6 Å². The van der Waals surface area contributed by atoms with Gasteiger partial charge >= 0.3 is 0 Å².